The number of hydrogen-bond acceptors (Lipinski definition) is 10. The van der Waals surface area contributed by atoms with Gasteiger partial charge in [-0.05, 0) is 13.3 Å². The van der Waals surface area contributed by atoms with Crippen LogP contribution in [-0.4, -0.2) is 86.5 Å². The normalized spacial score (nSPS) is 31.9. The van der Waals surface area contributed by atoms with Crippen LogP contribution in [0, 0.1) is 0 Å². The second kappa shape index (κ2) is 7.71. The lowest BCUT2D eigenvalue weighted by molar-refractivity contribution is -0.0951. The smallest absolute Gasteiger partial charge is 0.406 e. The highest BCUT2D eigenvalue weighted by molar-refractivity contribution is 5.82. The van der Waals surface area contributed by atoms with Crippen LogP contribution in [0.5, 0.6) is 0 Å². The number of ether oxygens (including phenoxy) is 3. The number of carbonyl (C=O) groups is 1. The molecule has 12 nitrogen and oxygen atoms in total. The first-order chi connectivity index (χ1) is 13.9. The van der Waals surface area contributed by atoms with Gasteiger partial charge in [-0.1, -0.05) is 0 Å². The molecule has 2 aromatic rings. The van der Waals surface area contributed by atoms with E-state index in [0.29, 0.717) is 30.2 Å². The summed E-state index contributed by atoms with van der Waals surface area (Å²) in [6.07, 6.45) is -0.112. The number of anilines is 1. The predicted molar refractivity (Wildman–Crippen MR) is 99.1 cm³/mol. The first-order valence-corrected chi connectivity index (χ1v) is 9.34. The van der Waals surface area contributed by atoms with Gasteiger partial charge in [-0.3, -0.25) is 4.57 Å². The molecule has 0 unspecified atom stereocenters. The summed E-state index contributed by atoms with van der Waals surface area (Å²) in [4.78, 5) is 24.2. The van der Waals surface area contributed by atoms with Crippen LogP contribution in [0.2, 0.25) is 0 Å². The summed E-state index contributed by atoms with van der Waals surface area (Å²) in [6.45, 7) is 2.51. The number of imidazole rings is 1. The Bertz CT molecular complexity index is 882. The third kappa shape index (κ3) is 3.59. The summed E-state index contributed by atoms with van der Waals surface area (Å²) in [6, 6.07) is 0.136. The SMILES string of the molecule is CNC(=O)OC[C@H]1O[C@@H](n2cnc3c(N[C@@H]4CCOC4)ncnc32)[C@](C)(O)[C@@H]1O. The standard InChI is InChI=1S/C17H24N6O6/c1-17(26)12(24)10(6-28-16(25)18-2)29-15(17)23-8-21-11-13(19-7-20-14(11)23)22-9-3-4-27-5-9/h7-10,12,15,24,26H,3-6H2,1-2H3,(H,18,25)(H,19,20,22)/t9-,10-,12-,15-,17-/m1/s1. The van der Waals surface area contributed by atoms with Crippen molar-refractivity contribution in [3.8, 4) is 0 Å². The van der Waals surface area contributed by atoms with Crippen LogP contribution < -0.4 is 10.6 Å². The number of amides is 1. The van der Waals surface area contributed by atoms with Gasteiger partial charge in [0.1, 0.15) is 30.7 Å². The van der Waals surface area contributed by atoms with Crippen LogP contribution in [0.3, 0.4) is 0 Å². The molecule has 2 aliphatic heterocycles. The highest BCUT2D eigenvalue weighted by atomic mass is 16.6. The van der Waals surface area contributed by atoms with Crippen molar-refractivity contribution in [3.63, 3.8) is 0 Å². The second-order valence-electron chi connectivity index (χ2n) is 7.30. The summed E-state index contributed by atoms with van der Waals surface area (Å²) < 4.78 is 17.7. The van der Waals surface area contributed by atoms with Crippen molar-refractivity contribution in [1.82, 2.24) is 24.8 Å². The van der Waals surface area contributed by atoms with Crippen molar-refractivity contribution >= 4 is 23.1 Å². The zero-order valence-corrected chi connectivity index (χ0v) is 16.1. The number of nitrogens with zero attached hydrogens (tertiary/aromatic N) is 4. The van der Waals surface area contributed by atoms with Crippen LogP contribution in [-0.2, 0) is 14.2 Å². The Kier molecular flexibility index (Phi) is 5.25. The average molecular weight is 408 g/mol. The molecule has 2 aromatic heterocycles. The molecule has 158 valence electrons. The number of rotatable bonds is 5. The molecule has 4 heterocycles. The maximum atomic E-state index is 11.3. The molecular weight excluding hydrogens is 384 g/mol. The largest absolute Gasteiger partial charge is 0.447 e. The molecule has 29 heavy (non-hydrogen) atoms. The summed E-state index contributed by atoms with van der Waals surface area (Å²) in [5.74, 6) is 0.557. The Morgan fingerprint density at radius 3 is 3.00 bits per heavy atom. The third-order valence-corrected chi connectivity index (χ3v) is 5.22. The molecule has 0 radical (unpaired) electrons. The van der Waals surface area contributed by atoms with E-state index in [1.807, 2.05) is 0 Å². The zero-order chi connectivity index (χ0) is 20.6. The molecule has 2 fully saturated rings. The van der Waals surface area contributed by atoms with E-state index in [1.165, 1.54) is 31.2 Å². The number of aromatic nitrogens is 4. The zero-order valence-electron chi connectivity index (χ0n) is 16.1. The fraction of sp³-hybridized carbons (Fsp3) is 0.647. The van der Waals surface area contributed by atoms with Crippen molar-refractivity contribution in [2.45, 2.75) is 43.4 Å². The van der Waals surface area contributed by atoms with E-state index in [9.17, 15) is 15.0 Å². The summed E-state index contributed by atoms with van der Waals surface area (Å²) >= 11 is 0. The maximum absolute atomic E-state index is 11.3. The van der Waals surface area contributed by atoms with E-state index in [0.717, 1.165) is 6.42 Å². The summed E-state index contributed by atoms with van der Waals surface area (Å²) in [7, 11) is 1.42. The predicted octanol–water partition coefficient (Wildman–Crippen LogP) is -0.608. The molecule has 2 aliphatic rings. The van der Waals surface area contributed by atoms with Gasteiger partial charge in [0.25, 0.3) is 0 Å². The lowest BCUT2D eigenvalue weighted by Crippen LogP contribution is -2.44. The number of aliphatic hydroxyl groups is 2. The Hall–Kier alpha value is -2.54. The van der Waals surface area contributed by atoms with E-state index in [-0.39, 0.29) is 12.6 Å². The van der Waals surface area contributed by atoms with Crippen molar-refractivity contribution < 1.29 is 29.2 Å². The fourth-order valence-corrected chi connectivity index (χ4v) is 3.58. The van der Waals surface area contributed by atoms with E-state index < -0.39 is 30.1 Å². The van der Waals surface area contributed by atoms with Gasteiger partial charge < -0.3 is 35.1 Å². The number of hydrogen-bond donors (Lipinski definition) is 4. The summed E-state index contributed by atoms with van der Waals surface area (Å²) in [5, 5.41) is 27.0. The quantitative estimate of drug-likeness (QED) is 0.504. The highest BCUT2D eigenvalue weighted by Gasteiger charge is 2.54. The number of carbonyl (C=O) groups excluding carboxylic acids is 1. The molecule has 2 saturated heterocycles. The molecule has 12 heteroatoms. The Labute approximate surface area is 166 Å². The molecule has 0 aliphatic carbocycles. The van der Waals surface area contributed by atoms with Crippen molar-refractivity contribution in [1.29, 1.82) is 0 Å². The fourth-order valence-electron chi connectivity index (χ4n) is 3.58. The van der Waals surface area contributed by atoms with Crippen LogP contribution in [0.25, 0.3) is 11.2 Å². The maximum Gasteiger partial charge on any atom is 0.406 e. The minimum Gasteiger partial charge on any atom is -0.447 e. The van der Waals surface area contributed by atoms with Gasteiger partial charge in [-0.15, -0.1) is 0 Å². The Morgan fingerprint density at radius 1 is 1.45 bits per heavy atom. The average Bonchev–Trinajstić information content (AvgIpc) is 3.41. The Morgan fingerprint density at radius 2 is 2.28 bits per heavy atom. The van der Waals surface area contributed by atoms with E-state index in [2.05, 4.69) is 25.6 Å². The van der Waals surface area contributed by atoms with Crippen LogP contribution in [0.15, 0.2) is 12.7 Å². The number of aliphatic hydroxyl groups excluding tert-OH is 1. The van der Waals surface area contributed by atoms with Gasteiger partial charge in [-0.25, -0.2) is 19.7 Å². The molecule has 4 rings (SSSR count). The second-order valence-corrected chi connectivity index (χ2v) is 7.30. The van der Waals surface area contributed by atoms with Gasteiger partial charge in [0, 0.05) is 13.7 Å². The van der Waals surface area contributed by atoms with Crippen LogP contribution in [0.1, 0.15) is 19.6 Å². The molecule has 1 amide bonds. The van der Waals surface area contributed by atoms with Crippen molar-refractivity contribution in [2.75, 3.05) is 32.2 Å². The number of fused-ring (bicyclic) bond motifs is 1. The van der Waals surface area contributed by atoms with Gasteiger partial charge in [-0.2, -0.15) is 0 Å². The Balaban J connectivity index is 1.59. The minimum atomic E-state index is -1.66. The van der Waals surface area contributed by atoms with E-state index >= 15 is 0 Å². The van der Waals surface area contributed by atoms with Gasteiger partial charge in [0.2, 0.25) is 0 Å². The first-order valence-electron chi connectivity index (χ1n) is 9.34. The monoisotopic (exact) mass is 408 g/mol. The lowest BCUT2D eigenvalue weighted by atomic mass is 9.96. The van der Waals surface area contributed by atoms with E-state index in [1.54, 1.807) is 0 Å². The molecule has 0 saturated carbocycles. The summed E-state index contributed by atoms with van der Waals surface area (Å²) in [5.41, 5.74) is -0.715. The number of nitrogens with one attached hydrogen (secondary N) is 2. The highest BCUT2D eigenvalue weighted by Crippen LogP contribution is 2.39. The van der Waals surface area contributed by atoms with Gasteiger partial charge in [0.15, 0.2) is 23.2 Å². The molecular formula is C17H24N6O6. The topological polar surface area (TPSA) is 153 Å². The first kappa shape index (κ1) is 19.8. The van der Waals surface area contributed by atoms with Crippen LogP contribution in [0.4, 0.5) is 10.6 Å². The van der Waals surface area contributed by atoms with Gasteiger partial charge in [0.05, 0.1) is 19.0 Å². The van der Waals surface area contributed by atoms with Crippen LogP contribution >= 0.6 is 0 Å². The van der Waals surface area contributed by atoms with Crippen molar-refractivity contribution in [2.24, 2.45) is 0 Å². The van der Waals surface area contributed by atoms with E-state index in [4.69, 9.17) is 14.2 Å². The molecule has 4 N–H and O–H groups in total. The molecule has 5 atom stereocenters. The molecule has 0 bridgehead atoms. The lowest BCUT2D eigenvalue weighted by Gasteiger charge is -2.27. The third-order valence-electron chi connectivity index (χ3n) is 5.22. The molecule has 0 aromatic carbocycles. The molecule has 0 spiro atoms. The van der Waals surface area contributed by atoms with Gasteiger partial charge >= 0.3 is 6.09 Å². The van der Waals surface area contributed by atoms with Crippen molar-refractivity contribution in [3.05, 3.63) is 12.7 Å². The minimum absolute atomic E-state index is 0.136. The number of alkyl carbamates (subject to hydrolysis) is 1.